The molecule has 1 aromatic rings. The summed E-state index contributed by atoms with van der Waals surface area (Å²) in [6.45, 7) is 10.5. The summed E-state index contributed by atoms with van der Waals surface area (Å²) in [5.41, 5.74) is 1.45. The minimum atomic E-state index is 0.353. The molecule has 0 amide bonds. The molecule has 1 nitrogen and oxygen atoms in total. The van der Waals surface area contributed by atoms with Crippen LogP contribution in [0.25, 0.3) is 0 Å². The first kappa shape index (κ1) is 19.0. The average molecular weight is 381 g/mol. The second kappa shape index (κ2) is 6.51. The number of hydrogen-bond donors (Lipinski definition) is 0. The molecule has 0 radical (unpaired) electrons. The SMILES string of the molecule is CC1(C)CC2CCCC[C@]2(C)[C@@H]2CC[C@]3(C)C(Oc4ccccc4)CC[C@H]3[C@@H]21. The Morgan fingerprint density at radius 2 is 1.54 bits per heavy atom. The zero-order chi connectivity index (χ0) is 19.6. The van der Waals surface area contributed by atoms with E-state index in [0.29, 0.717) is 22.3 Å². The van der Waals surface area contributed by atoms with Crippen LogP contribution >= 0.6 is 0 Å². The predicted molar refractivity (Wildman–Crippen MR) is 116 cm³/mol. The minimum Gasteiger partial charge on any atom is -0.490 e. The van der Waals surface area contributed by atoms with Crippen LogP contribution < -0.4 is 4.74 Å². The molecule has 0 saturated heterocycles. The van der Waals surface area contributed by atoms with E-state index in [9.17, 15) is 0 Å². The fourth-order valence-electron chi connectivity index (χ4n) is 8.80. The summed E-state index contributed by atoms with van der Waals surface area (Å²) in [6.07, 6.45) is 13.2. The maximum atomic E-state index is 6.63. The quantitative estimate of drug-likeness (QED) is 0.516. The smallest absolute Gasteiger partial charge is 0.119 e. The van der Waals surface area contributed by atoms with E-state index < -0.39 is 0 Å². The van der Waals surface area contributed by atoms with Gasteiger partial charge in [0.15, 0.2) is 0 Å². The largest absolute Gasteiger partial charge is 0.490 e. The molecular weight excluding hydrogens is 340 g/mol. The fourth-order valence-corrected chi connectivity index (χ4v) is 8.80. The van der Waals surface area contributed by atoms with Crippen LogP contribution in [-0.2, 0) is 0 Å². The Balaban J connectivity index is 1.45. The van der Waals surface area contributed by atoms with Gasteiger partial charge in [0.05, 0.1) is 0 Å². The maximum Gasteiger partial charge on any atom is 0.119 e. The van der Waals surface area contributed by atoms with Crippen LogP contribution in [-0.4, -0.2) is 6.10 Å². The van der Waals surface area contributed by atoms with Gasteiger partial charge < -0.3 is 4.74 Å². The van der Waals surface area contributed by atoms with Crippen LogP contribution in [0, 0.1) is 39.9 Å². The first-order valence-electron chi connectivity index (χ1n) is 12.1. The van der Waals surface area contributed by atoms with Gasteiger partial charge in [-0.3, -0.25) is 0 Å². The number of ether oxygens (including phenoxy) is 1. The molecule has 0 spiro atoms. The highest BCUT2D eigenvalue weighted by Crippen LogP contribution is 2.70. The van der Waals surface area contributed by atoms with E-state index in [1.807, 2.05) is 0 Å². The van der Waals surface area contributed by atoms with Crippen molar-refractivity contribution in [1.82, 2.24) is 0 Å². The fraction of sp³-hybridized carbons (Fsp3) is 0.778. The molecule has 28 heavy (non-hydrogen) atoms. The van der Waals surface area contributed by atoms with E-state index in [-0.39, 0.29) is 0 Å². The molecule has 154 valence electrons. The minimum absolute atomic E-state index is 0.353. The zero-order valence-corrected chi connectivity index (χ0v) is 18.5. The van der Waals surface area contributed by atoms with Crippen molar-refractivity contribution >= 4 is 0 Å². The molecule has 4 aliphatic carbocycles. The molecule has 7 atom stereocenters. The molecule has 2 unspecified atom stereocenters. The van der Waals surface area contributed by atoms with E-state index in [2.05, 4.69) is 58.0 Å². The van der Waals surface area contributed by atoms with Crippen molar-refractivity contribution in [3.8, 4) is 5.75 Å². The van der Waals surface area contributed by atoms with Crippen LogP contribution in [0.4, 0.5) is 0 Å². The van der Waals surface area contributed by atoms with Crippen LogP contribution in [0.1, 0.15) is 85.5 Å². The van der Waals surface area contributed by atoms with Gasteiger partial charge in [-0.05, 0) is 91.6 Å². The molecule has 4 fully saturated rings. The van der Waals surface area contributed by atoms with Gasteiger partial charge in [0.25, 0.3) is 0 Å². The van der Waals surface area contributed by atoms with Crippen molar-refractivity contribution in [3.05, 3.63) is 30.3 Å². The molecule has 0 aromatic heterocycles. The van der Waals surface area contributed by atoms with Gasteiger partial charge in [-0.2, -0.15) is 0 Å². The lowest BCUT2D eigenvalue weighted by Gasteiger charge is -2.65. The van der Waals surface area contributed by atoms with Gasteiger partial charge in [0.1, 0.15) is 11.9 Å². The van der Waals surface area contributed by atoms with E-state index in [4.69, 9.17) is 4.74 Å². The van der Waals surface area contributed by atoms with Gasteiger partial charge in [-0.25, -0.2) is 0 Å². The standard InChI is InChI=1S/C27H40O/c1-25(2)18-19-10-8-9-16-26(19,3)22-15-17-27(4)21(24(22)25)13-14-23(27)28-20-11-6-5-7-12-20/h5-7,11-12,19,21-24H,8-10,13-18H2,1-4H3/t19?,21-,22+,23?,24-,26-,27-/m0/s1. The van der Waals surface area contributed by atoms with Crippen molar-refractivity contribution in [2.75, 3.05) is 0 Å². The third-order valence-corrected chi connectivity index (χ3v) is 10.2. The van der Waals surface area contributed by atoms with Gasteiger partial charge in [-0.15, -0.1) is 0 Å². The van der Waals surface area contributed by atoms with Gasteiger partial charge in [0.2, 0.25) is 0 Å². The normalized spacial score (nSPS) is 46.9. The topological polar surface area (TPSA) is 9.23 Å². The molecule has 1 aromatic carbocycles. The van der Waals surface area contributed by atoms with E-state index in [0.717, 1.165) is 29.4 Å². The molecule has 1 heteroatoms. The van der Waals surface area contributed by atoms with E-state index in [1.54, 1.807) is 0 Å². The molecule has 0 bridgehead atoms. The van der Waals surface area contributed by atoms with Crippen molar-refractivity contribution in [1.29, 1.82) is 0 Å². The van der Waals surface area contributed by atoms with Crippen LogP contribution in [0.3, 0.4) is 0 Å². The van der Waals surface area contributed by atoms with Crippen molar-refractivity contribution < 1.29 is 4.74 Å². The lowest BCUT2D eigenvalue weighted by molar-refractivity contribution is -0.169. The predicted octanol–water partition coefficient (Wildman–Crippen LogP) is 7.50. The molecule has 4 aliphatic rings. The second-order valence-electron chi connectivity index (χ2n) is 11.9. The third kappa shape index (κ3) is 2.71. The summed E-state index contributed by atoms with van der Waals surface area (Å²) < 4.78 is 6.63. The van der Waals surface area contributed by atoms with E-state index in [1.165, 1.54) is 57.8 Å². The first-order chi connectivity index (χ1) is 13.3. The number of hydrogen-bond acceptors (Lipinski definition) is 1. The Labute approximate surface area is 172 Å². The Morgan fingerprint density at radius 3 is 2.32 bits per heavy atom. The van der Waals surface area contributed by atoms with Gasteiger partial charge in [0, 0.05) is 5.41 Å². The highest BCUT2D eigenvalue weighted by molar-refractivity contribution is 5.23. The maximum absolute atomic E-state index is 6.63. The average Bonchev–Trinajstić information content (AvgIpc) is 2.99. The molecule has 4 saturated carbocycles. The summed E-state index contributed by atoms with van der Waals surface area (Å²) in [4.78, 5) is 0. The molecule has 0 N–H and O–H groups in total. The summed E-state index contributed by atoms with van der Waals surface area (Å²) in [7, 11) is 0. The second-order valence-corrected chi connectivity index (χ2v) is 11.9. The highest BCUT2D eigenvalue weighted by atomic mass is 16.5. The Kier molecular flexibility index (Phi) is 4.42. The number of benzene rings is 1. The van der Waals surface area contributed by atoms with Crippen LogP contribution in [0.2, 0.25) is 0 Å². The highest BCUT2D eigenvalue weighted by Gasteiger charge is 2.64. The first-order valence-corrected chi connectivity index (χ1v) is 12.1. The van der Waals surface area contributed by atoms with Crippen molar-refractivity contribution in [2.45, 2.75) is 91.6 Å². The van der Waals surface area contributed by atoms with Gasteiger partial charge in [-0.1, -0.05) is 58.7 Å². The summed E-state index contributed by atoms with van der Waals surface area (Å²) in [6, 6.07) is 10.6. The monoisotopic (exact) mass is 380 g/mol. The van der Waals surface area contributed by atoms with Crippen molar-refractivity contribution in [2.24, 2.45) is 39.9 Å². The van der Waals surface area contributed by atoms with Crippen molar-refractivity contribution in [3.63, 3.8) is 0 Å². The zero-order valence-electron chi connectivity index (χ0n) is 18.5. The molecule has 5 rings (SSSR count). The Bertz CT molecular complexity index is 708. The Morgan fingerprint density at radius 1 is 0.786 bits per heavy atom. The Hall–Kier alpha value is -0.980. The third-order valence-electron chi connectivity index (χ3n) is 10.2. The van der Waals surface area contributed by atoms with Crippen LogP contribution in [0.15, 0.2) is 30.3 Å². The molecular formula is C27H40O. The van der Waals surface area contributed by atoms with Crippen LogP contribution in [0.5, 0.6) is 5.75 Å². The number of fused-ring (bicyclic) bond motifs is 5. The number of para-hydroxylation sites is 1. The molecule has 0 aliphatic heterocycles. The van der Waals surface area contributed by atoms with Gasteiger partial charge >= 0.3 is 0 Å². The van der Waals surface area contributed by atoms with E-state index >= 15 is 0 Å². The summed E-state index contributed by atoms with van der Waals surface area (Å²) >= 11 is 0. The summed E-state index contributed by atoms with van der Waals surface area (Å²) in [5, 5.41) is 0. The lowest BCUT2D eigenvalue weighted by atomic mass is 9.40. The number of rotatable bonds is 2. The summed E-state index contributed by atoms with van der Waals surface area (Å²) in [5.74, 6) is 4.71. The lowest BCUT2D eigenvalue weighted by Crippen LogP contribution is -2.59. The molecule has 0 heterocycles.